The van der Waals surface area contributed by atoms with Crippen LogP contribution in [0.1, 0.15) is 36.2 Å². The topological polar surface area (TPSA) is 111 Å². The number of benzene rings is 1. The molecule has 1 N–H and O–H groups in total. The number of anilines is 2. The minimum atomic E-state index is -4.88. The van der Waals surface area contributed by atoms with Gasteiger partial charge in [-0.05, 0) is 38.5 Å². The molecule has 0 saturated carbocycles. The Morgan fingerprint density at radius 3 is 2.33 bits per heavy atom. The number of rotatable bonds is 8. The van der Waals surface area contributed by atoms with Gasteiger partial charge in [0.25, 0.3) is 5.91 Å². The molecule has 0 aliphatic carbocycles. The number of carbonyl (C=O) groups excluding carboxylic acids is 3. The summed E-state index contributed by atoms with van der Waals surface area (Å²) in [6.07, 6.45) is -3.39. The highest BCUT2D eigenvalue weighted by Gasteiger charge is 2.38. The lowest BCUT2D eigenvalue weighted by Gasteiger charge is -2.36. The van der Waals surface area contributed by atoms with E-state index in [1.165, 1.54) is 17.6 Å². The predicted molar refractivity (Wildman–Crippen MR) is 147 cm³/mol. The van der Waals surface area contributed by atoms with E-state index in [2.05, 4.69) is 15.3 Å². The quantitative estimate of drug-likeness (QED) is 0.245. The number of alkyl halides is 3. The van der Waals surface area contributed by atoms with Gasteiger partial charge in [0, 0.05) is 30.2 Å². The molecule has 15 heteroatoms. The number of esters is 2. The first-order chi connectivity index (χ1) is 19.9. The largest absolute Gasteiger partial charge is 0.466 e. The molecule has 3 aromatic rings. The first kappa shape index (κ1) is 31.2. The molecule has 1 amide bonds. The van der Waals surface area contributed by atoms with E-state index in [0.717, 1.165) is 23.5 Å². The van der Waals surface area contributed by atoms with Crippen molar-refractivity contribution in [2.24, 2.45) is 11.8 Å². The fourth-order valence-electron chi connectivity index (χ4n) is 4.49. The normalized spacial score (nSPS) is 17.1. The number of nitrogens with one attached hydrogen (secondary N) is 1. The molecule has 1 aliphatic heterocycles. The lowest BCUT2D eigenvalue weighted by atomic mass is 9.89. The molecule has 1 aromatic carbocycles. The van der Waals surface area contributed by atoms with Crippen molar-refractivity contribution in [1.29, 1.82) is 0 Å². The van der Waals surface area contributed by atoms with E-state index in [-0.39, 0.29) is 65.5 Å². The molecule has 1 aliphatic rings. The van der Waals surface area contributed by atoms with Crippen molar-refractivity contribution in [3.63, 3.8) is 0 Å². The second-order valence-corrected chi connectivity index (χ2v) is 10.5. The zero-order valence-corrected chi connectivity index (χ0v) is 23.9. The molecule has 2 aromatic heterocycles. The van der Waals surface area contributed by atoms with Gasteiger partial charge in [-0.2, -0.15) is 13.2 Å². The van der Waals surface area contributed by atoms with Crippen molar-refractivity contribution < 1.29 is 41.4 Å². The van der Waals surface area contributed by atoms with Crippen LogP contribution in [0.4, 0.5) is 28.5 Å². The van der Waals surface area contributed by atoms with Crippen molar-refractivity contribution in [3.05, 3.63) is 57.8 Å². The lowest BCUT2D eigenvalue weighted by Crippen LogP contribution is -2.47. The summed E-state index contributed by atoms with van der Waals surface area (Å²) in [5.41, 5.74) is -1.83. The summed E-state index contributed by atoms with van der Waals surface area (Å²) in [7, 11) is 0. The summed E-state index contributed by atoms with van der Waals surface area (Å²) in [5, 5.41) is 3.90. The number of nitrogens with zero attached hydrogens (tertiary/aromatic N) is 3. The van der Waals surface area contributed by atoms with Gasteiger partial charge < -0.3 is 14.4 Å². The van der Waals surface area contributed by atoms with E-state index in [0.29, 0.717) is 6.07 Å². The maximum absolute atomic E-state index is 14.5. The Bertz CT molecular complexity index is 1460. The standard InChI is InChI=1S/C27H25ClF4N4O5S/c1-3-40-24(38)15-8-16(25(39)41-4-2)12-36(11-15)22-19(28)9-14(10-33-22)23(37)35-26-34-20(13-42-26)17-6-5-7-18(21(17)29)27(30,31)32/h5-7,9-10,13,15-16H,3-4,8,11-12H2,1-2H3,(H,34,35,37)/t15-,16-/m1/s1. The van der Waals surface area contributed by atoms with Crippen molar-refractivity contribution >= 4 is 51.7 Å². The number of halogens is 5. The van der Waals surface area contributed by atoms with Gasteiger partial charge in [-0.1, -0.05) is 17.7 Å². The van der Waals surface area contributed by atoms with Gasteiger partial charge in [0.2, 0.25) is 0 Å². The number of aromatic nitrogens is 2. The molecule has 0 spiro atoms. The summed E-state index contributed by atoms with van der Waals surface area (Å²) >= 11 is 7.37. The Kier molecular flexibility index (Phi) is 9.67. The van der Waals surface area contributed by atoms with Gasteiger partial charge in [0.15, 0.2) is 5.13 Å². The third-order valence-corrected chi connectivity index (χ3v) is 7.41. The zero-order chi connectivity index (χ0) is 30.6. The molecule has 42 heavy (non-hydrogen) atoms. The van der Waals surface area contributed by atoms with Gasteiger partial charge in [0.05, 0.1) is 46.9 Å². The third kappa shape index (κ3) is 6.98. The Hall–Kier alpha value is -3.78. The van der Waals surface area contributed by atoms with E-state index in [9.17, 15) is 31.9 Å². The van der Waals surface area contributed by atoms with Crippen LogP contribution in [0.25, 0.3) is 11.3 Å². The first-order valence-electron chi connectivity index (χ1n) is 12.8. The Morgan fingerprint density at radius 1 is 1.12 bits per heavy atom. The highest BCUT2D eigenvalue weighted by atomic mass is 35.5. The van der Waals surface area contributed by atoms with Crippen LogP contribution in [0.5, 0.6) is 0 Å². The smallest absolute Gasteiger partial charge is 0.419 e. The van der Waals surface area contributed by atoms with Crippen LogP contribution in [-0.2, 0) is 25.2 Å². The van der Waals surface area contributed by atoms with Crippen molar-refractivity contribution in [3.8, 4) is 11.3 Å². The Labute approximate surface area is 246 Å². The van der Waals surface area contributed by atoms with Gasteiger partial charge in [0.1, 0.15) is 11.6 Å². The van der Waals surface area contributed by atoms with E-state index in [1.54, 1.807) is 18.7 Å². The number of carbonyl (C=O) groups is 3. The molecular weight excluding hydrogens is 604 g/mol. The van der Waals surface area contributed by atoms with Crippen LogP contribution in [0, 0.1) is 17.7 Å². The number of amides is 1. The zero-order valence-electron chi connectivity index (χ0n) is 22.3. The lowest BCUT2D eigenvalue weighted by molar-refractivity contribution is -0.153. The van der Waals surface area contributed by atoms with Crippen molar-refractivity contribution in [1.82, 2.24) is 9.97 Å². The fraction of sp³-hybridized carbons (Fsp3) is 0.370. The van der Waals surface area contributed by atoms with Crippen LogP contribution < -0.4 is 10.2 Å². The molecule has 2 atom stereocenters. The molecule has 0 unspecified atom stereocenters. The SMILES string of the molecule is CCOC(=O)[C@@H]1C[C@@H](C(=O)OCC)CN(c2ncc(C(=O)Nc3nc(-c4cccc(C(F)(F)F)c4F)cs3)cc2Cl)C1. The number of thiazole rings is 1. The minimum absolute atomic E-state index is 0.0117. The average Bonchev–Trinajstić information content (AvgIpc) is 3.40. The van der Waals surface area contributed by atoms with E-state index >= 15 is 0 Å². The van der Waals surface area contributed by atoms with Crippen molar-refractivity contribution in [2.45, 2.75) is 26.4 Å². The molecule has 224 valence electrons. The van der Waals surface area contributed by atoms with E-state index < -0.39 is 47.2 Å². The van der Waals surface area contributed by atoms with E-state index in [1.807, 2.05) is 0 Å². The van der Waals surface area contributed by atoms with Gasteiger partial charge in [-0.15, -0.1) is 11.3 Å². The number of hydrogen-bond acceptors (Lipinski definition) is 9. The van der Waals surface area contributed by atoms with Crippen LogP contribution >= 0.6 is 22.9 Å². The number of hydrogen-bond donors (Lipinski definition) is 1. The second-order valence-electron chi connectivity index (χ2n) is 9.22. The predicted octanol–water partition coefficient (Wildman–Crippen LogP) is 5.84. The van der Waals surface area contributed by atoms with E-state index in [4.69, 9.17) is 21.1 Å². The fourth-order valence-corrected chi connectivity index (χ4v) is 5.49. The summed E-state index contributed by atoms with van der Waals surface area (Å²) < 4.78 is 64.1. The summed E-state index contributed by atoms with van der Waals surface area (Å²) in [4.78, 5) is 47.9. The molecule has 1 fully saturated rings. The molecule has 4 rings (SSSR count). The number of piperidine rings is 1. The monoisotopic (exact) mass is 628 g/mol. The summed E-state index contributed by atoms with van der Waals surface area (Å²) in [5.74, 6) is -4.08. The Morgan fingerprint density at radius 2 is 1.76 bits per heavy atom. The highest BCUT2D eigenvalue weighted by molar-refractivity contribution is 7.14. The number of ether oxygens (including phenoxy) is 2. The summed E-state index contributed by atoms with van der Waals surface area (Å²) in [6.45, 7) is 4.08. The van der Waals surface area contributed by atoms with Crippen LogP contribution in [0.3, 0.4) is 0 Å². The molecule has 9 nitrogen and oxygen atoms in total. The van der Waals surface area contributed by atoms with Gasteiger partial charge in [-0.25, -0.2) is 14.4 Å². The molecule has 0 radical (unpaired) electrons. The third-order valence-electron chi connectivity index (χ3n) is 6.38. The molecule has 0 bridgehead atoms. The number of pyridine rings is 1. The molecule has 3 heterocycles. The average molecular weight is 629 g/mol. The first-order valence-corrected chi connectivity index (χ1v) is 14.0. The van der Waals surface area contributed by atoms with Crippen LogP contribution in [0.15, 0.2) is 35.8 Å². The molecular formula is C27H25ClF4N4O5S. The Balaban J connectivity index is 1.51. The van der Waals surface area contributed by atoms with Crippen LogP contribution in [-0.4, -0.2) is 54.1 Å². The minimum Gasteiger partial charge on any atom is -0.466 e. The van der Waals surface area contributed by atoms with Gasteiger partial charge >= 0.3 is 18.1 Å². The highest BCUT2D eigenvalue weighted by Crippen LogP contribution is 2.37. The maximum atomic E-state index is 14.5. The van der Waals surface area contributed by atoms with Crippen molar-refractivity contribution in [2.75, 3.05) is 36.5 Å². The van der Waals surface area contributed by atoms with Crippen LogP contribution in [0.2, 0.25) is 5.02 Å². The maximum Gasteiger partial charge on any atom is 0.419 e. The second kappa shape index (κ2) is 13.0. The van der Waals surface area contributed by atoms with Gasteiger partial charge in [-0.3, -0.25) is 19.7 Å². The summed E-state index contributed by atoms with van der Waals surface area (Å²) in [6, 6.07) is 4.20. The molecule has 1 saturated heterocycles.